The first-order valence-corrected chi connectivity index (χ1v) is 9.60. The molecule has 0 saturated carbocycles. The summed E-state index contributed by atoms with van der Waals surface area (Å²) in [6, 6.07) is 16.1. The highest BCUT2D eigenvalue weighted by Gasteiger charge is 2.04. The largest absolute Gasteiger partial charge is 0.376 e. The molecule has 0 heterocycles. The van der Waals surface area contributed by atoms with E-state index in [0.29, 0.717) is 0 Å². The second kappa shape index (κ2) is 11.0. The summed E-state index contributed by atoms with van der Waals surface area (Å²) in [6.45, 7) is 8.70. The van der Waals surface area contributed by atoms with Crippen molar-refractivity contribution in [1.29, 1.82) is 0 Å². The molecule has 0 aromatic heterocycles. The molecule has 27 heavy (non-hydrogen) atoms. The summed E-state index contributed by atoms with van der Waals surface area (Å²) in [6.07, 6.45) is 3.93. The van der Waals surface area contributed by atoms with Gasteiger partial charge >= 0.3 is 0 Å². The van der Waals surface area contributed by atoms with Gasteiger partial charge in [0.15, 0.2) is 0 Å². The van der Waals surface area contributed by atoms with Crippen molar-refractivity contribution >= 4 is 23.5 Å². The van der Waals surface area contributed by atoms with Gasteiger partial charge in [-0.05, 0) is 49.1 Å². The quantitative estimate of drug-likeness (QED) is 0.490. The number of rotatable bonds is 10. The molecule has 0 aliphatic carbocycles. The van der Waals surface area contributed by atoms with E-state index in [1.165, 1.54) is 5.69 Å². The zero-order valence-electron chi connectivity index (χ0n) is 16.5. The van der Waals surface area contributed by atoms with Crippen LogP contribution in [0.15, 0.2) is 53.6 Å². The molecule has 144 valence electrons. The lowest BCUT2D eigenvalue weighted by Crippen LogP contribution is -2.26. The maximum atomic E-state index is 11.9. The van der Waals surface area contributed by atoms with Gasteiger partial charge in [0.1, 0.15) is 0 Å². The van der Waals surface area contributed by atoms with E-state index in [1.54, 1.807) is 6.21 Å². The van der Waals surface area contributed by atoms with E-state index in [4.69, 9.17) is 0 Å². The van der Waals surface area contributed by atoms with Crippen LogP contribution in [0.2, 0.25) is 0 Å². The third-order valence-electron chi connectivity index (χ3n) is 4.23. The maximum absolute atomic E-state index is 11.9. The van der Waals surface area contributed by atoms with Crippen LogP contribution in [0, 0.1) is 6.92 Å². The van der Waals surface area contributed by atoms with Crippen molar-refractivity contribution in [3.63, 3.8) is 0 Å². The number of anilines is 2. The summed E-state index contributed by atoms with van der Waals surface area (Å²) in [4.78, 5) is 14.3. The Balaban J connectivity index is 1.83. The predicted octanol–water partition coefficient (Wildman–Crippen LogP) is 4.18. The normalized spacial score (nSPS) is 10.8. The van der Waals surface area contributed by atoms with Gasteiger partial charge in [-0.25, -0.2) is 5.43 Å². The average molecular weight is 367 g/mol. The molecule has 0 aliphatic rings. The number of hydrazone groups is 1. The van der Waals surface area contributed by atoms with Gasteiger partial charge in [-0.15, -0.1) is 0 Å². The van der Waals surface area contributed by atoms with E-state index in [1.807, 2.05) is 43.3 Å². The SMILES string of the molecule is CCCN(CCC)c1ccc(C=NNC(=O)CNc2ccccc2C)cc1. The molecule has 0 unspecified atom stereocenters. The Hall–Kier alpha value is -2.82. The number of amides is 1. The molecule has 0 radical (unpaired) electrons. The van der Waals surface area contributed by atoms with E-state index in [0.717, 1.165) is 42.7 Å². The van der Waals surface area contributed by atoms with Crippen molar-refractivity contribution in [3.05, 3.63) is 59.7 Å². The zero-order valence-corrected chi connectivity index (χ0v) is 16.5. The minimum absolute atomic E-state index is 0.178. The summed E-state index contributed by atoms with van der Waals surface area (Å²) in [5.74, 6) is -0.178. The van der Waals surface area contributed by atoms with Crippen molar-refractivity contribution in [2.24, 2.45) is 5.10 Å². The van der Waals surface area contributed by atoms with Crippen molar-refractivity contribution in [1.82, 2.24) is 5.43 Å². The van der Waals surface area contributed by atoms with Gasteiger partial charge in [0.25, 0.3) is 5.91 Å². The molecule has 2 aromatic rings. The first-order chi connectivity index (χ1) is 13.1. The summed E-state index contributed by atoms with van der Waals surface area (Å²) >= 11 is 0. The van der Waals surface area contributed by atoms with Gasteiger partial charge < -0.3 is 10.2 Å². The third kappa shape index (κ3) is 6.77. The molecule has 2 aromatic carbocycles. The second-order valence-corrected chi connectivity index (χ2v) is 6.54. The summed E-state index contributed by atoms with van der Waals surface area (Å²) < 4.78 is 0. The topological polar surface area (TPSA) is 56.7 Å². The van der Waals surface area contributed by atoms with Crippen LogP contribution in [0.1, 0.15) is 37.8 Å². The number of hydrogen-bond acceptors (Lipinski definition) is 4. The molecular weight excluding hydrogens is 336 g/mol. The fourth-order valence-electron chi connectivity index (χ4n) is 2.85. The van der Waals surface area contributed by atoms with Crippen LogP contribution in [-0.4, -0.2) is 31.8 Å². The predicted molar refractivity (Wildman–Crippen MR) is 115 cm³/mol. The summed E-state index contributed by atoms with van der Waals surface area (Å²) in [7, 11) is 0. The van der Waals surface area contributed by atoms with E-state index in [-0.39, 0.29) is 12.5 Å². The number of hydrogen-bond donors (Lipinski definition) is 2. The lowest BCUT2D eigenvalue weighted by Gasteiger charge is -2.23. The summed E-state index contributed by atoms with van der Waals surface area (Å²) in [5.41, 5.74) is 6.80. The number of carbonyl (C=O) groups is 1. The first kappa shape index (κ1) is 20.5. The number of nitrogens with zero attached hydrogens (tertiary/aromatic N) is 2. The van der Waals surface area contributed by atoms with Crippen LogP contribution in [0.5, 0.6) is 0 Å². The standard InChI is InChI=1S/C22H30N4O/c1-4-14-26(15-5-2)20-12-10-19(11-13-20)16-24-25-22(27)17-23-21-9-7-6-8-18(21)3/h6-13,16,23H,4-5,14-15,17H2,1-3H3,(H,25,27). The monoisotopic (exact) mass is 366 g/mol. The molecule has 2 rings (SSSR count). The Morgan fingerprint density at radius 3 is 2.33 bits per heavy atom. The van der Waals surface area contributed by atoms with Crippen LogP contribution >= 0.6 is 0 Å². The number of benzene rings is 2. The Morgan fingerprint density at radius 2 is 1.70 bits per heavy atom. The van der Waals surface area contributed by atoms with E-state index < -0.39 is 0 Å². The Labute approximate surface area is 162 Å². The van der Waals surface area contributed by atoms with Crippen LogP contribution in [0.25, 0.3) is 0 Å². The molecule has 0 aliphatic heterocycles. The van der Waals surface area contributed by atoms with E-state index in [9.17, 15) is 4.79 Å². The fraction of sp³-hybridized carbons (Fsp3) is 0.364. The highest BCUT2D eigenvalue weighted by atomic mass is 16.2. The lowest BCUT2D eigenvalue weighted by molar-refractivity contribution is -0.119. The summed E-state index contributed by atoms with van der Waals surface area (Å²) in [5, 5.41) is 7.16. The number of nitrogens with one attached hydrogen (secondary N) is 2. The Morgan fingerprint density at radius 1 is 1.04 bits per heavy atom. The van der Waals surface area contributed by atoms with Crippen molar-refractivity contribution in [2.45, 2.75) is 33.6 Å². The van der Waals surface area contributed by atoms with Crippen LogP contribution in [-0.2, 0) is 4.79 Å². The highest BCUT2D eigenvalue weighted by Crippen LogP contribution is 2.15. The van der Waals surface area contributed by atoms with Gasteiger partial charge in [-0.1, -0.05) is 44.2 Å². The molecule has 1 amide bonds. The third-order valence-corrected chi connectivity index (χ3v) is 4.23. The van der Waals surface area contributed by atoms with E-state index >= 15 is 0 Å². The fourth-order valence-corrected chi connectivity index (χ4v) is 2.85. The lowest BCUT2D eigenvalue weighted by atomic mass is 10.2. The minimum atomic E-state index is -0.178. The number of para-hydroxylation sites is 1. The van der Waals surface area contributed by atoms with Gasteiger partial charge in [0.05, 0.1) is 12.8 Å². The number of carbonyl (C=O) groups excluding carboxylic acids is 1. The van der Waals surface area contributed by atoms with E-state index in [2.05, 4.69) is 46.7 Å². The average Bonchev–Trinajstić information content (AvgIpc) is 2.68. The van der Waals surface area contributed by atoms with Gasteiger partial charge in [-0.2, -0.15) is 5.10 Å². The van der Waals surface area contributed by atoms with Crippen LogP contribution in [0.3, 0.4) is 0 Å². The molecule has 5 heteroatoms. The van der Waals surface area contributed by atoms with Crippen molar-refractivity contribution < 1.29 is 4.79 Å². The molecular formula is C22H30N4O. The molecule has 0 fully saturated rings. The van der Waals surface area contributed by atoms with Crippen LogP contribution in [0.4, 0.5) is 11.4 Å². The minimum Gasteiger partial charge on any atom is -0.376 e. The zero-order chi connectivity index (χ0) is 19.5. The molecule has 0 spiro atoms. The highest BCUT2D eigenvalue weighted by molar-refractivity contribution is 5.84. The molecule has 5 nitrogen and oxygen atoms in total. The number of aryl methyl sites for hydroxylation is 1. The molecule has 0 atom stereocenters. The van der Waals surface area contributed by atoms with Gasteiger partial charge in [-0.3, -0.25) is 4.79 Å². The molecule has 0 saturated heterocycles. The Bertz CT molecular complexity index is 734. The van der Waals surface area contributed by atoms with Gasteiger partial charge in [0, 0.05) is 24.5 Å². The van der Waals surface area contributed by atoms with Gasteiger partial charge in [0.2, 0.25) is 0 Å². The molecule has 0 bridgehead atoms. The second-order valence-electron chi connectivity index (χ2n) is 6.54. The van der Waals surface area contributed by atoms with Crippen molar-refractivity contribution in [2.75, 3.05) is 29.9 Å². The maximum Gasteiger partial charge on any atom is 0.259 e. The van der Waals surface area contributed by atoms with Crippen molar-refractivity contribution in [3.8, 4) is 0 Å². The van der Waals surface area contributed by atoms with Crippen LogP contribution < -0.4 is 15.6 Å². The smallest absolute Gasteiger partial charge is 0.259 e. The Kier molecular flexibility index (Phi) is 8.36. The molecule has 2 N–H and O–H groups in total. The first-order valence-electron chi connectivity index (χ1n) is 9.60.